The first kappa shape index (κ1) is 17.6. The van der Waals surface area contributed by atoms with Crippen LogP contribution in [0, 0.1) is 5.92 Å². The van der Waals surface area contributed by atoms with Crippen LogP contribution in [-0.4, -0.2) is 78.6 Å². The predicted octanol–water partition coefficient (Wildman–Crippen LogP) is 1.12. The summed E-state index contributed by atoms with van der Waals surface area (Å²) in [6.07, 6.45) is 5.25. The van der Waals surface area contributed by atoms with Gasteiger partial charge in [0, 0.05) is 31.1 Å². The van der Waals surface area contributed by atoms with Crippen LogP contribution in [0.2, 0.25) is 0 Å². The average Bonchev–Trinajstić information content (AvgIpc) is 3.18. The number of hydrogen-bond donors (Lipinski definition) is 1. The Morgan fingerprint density at radius 2 is 1.93 bits per heavy atom. The normalized spacial score (nSPS) is 27.1. The number of pyridine rings is 1. The SMILES string of the molecule is O=C(NC1CN2CCC1CC2)c1cc2c(C(=O)N3CCOCC3)coc2cn1. The molecule has 2 aromatic rings. The number of aromatic nitrogens is 1. The van der Waals surface area contributed by atoms with Crippen molar-refractivity contribution in [2.45, 2.75) is 18.9 Å². The minimum absolute atomic E-state index is 0.100. The Kier molecular flexibility index (Phi) is 4.52. The van der Waals surface area contributed by atoms with Gasteiger partial charge in [0.1, 0.15) is 12.0 Å². The highest BCUT2D eigenvalue weighted by Crippen LogP contribution is 2.28. The molecule has 2 bridgehead atoms. The predicted molar refractivity (Wildman–Crippen MR) is 101 cm³/mol. The van der Waals surface area contributed by atoms with E-state index < -0.39 is 0 Å². The van der Waals surface area contributed by atoms with Crippen LogP contribution >= 0.6 is 0 Å². The largest absolute Gasteiger partial charge is 0.462 e. The average molecular weight is 384 g/mol. The maximum Gasteiger partial charge on any atom is 0.270 e. The number of piperidine rings is 3. The second-order valence-corrected chi connectivity index (χ2v) is 7.84. The van der Waals surface area contributed by atoms with Crippen LogP contribution in [0.15, 0.2) is 22.9 Å². The zero-order valence-electron chi connectivity index (χ0n) is 15.7. The van der Waals surface area contributed by atoms with Gasteiger partial charge in [-0.2, -0.15) is 0 Å². The molecular formula is C20H24N4O4. The van der Waals surface area contributed by atoms with Crippen molar-refractivity contribution in [1.29, 1.82) is 0 Å². The molecule has 0 spiro atoms. The molecule has 4 aliphatic rings. The topological polar surface area (TPSA) is 87.9 Å². The fraction of sp³-hybridized carbons (Fsp3) is 0.550. The molecule has 6 rings (SSSR count). The minimum Gasteiger partial charge on any atom is -0.462 e. The van der Waals surface area contributed by atoms with Gasteiger partial charge in [-0.05, 0) is 37.9 Å². The summed E-state index contributed by atoms with van der Waals surface area (Å²) in [5, 5.41) is 3.78. The Morgan fingerprint density at radius 1 is 1.14 bits per heavy atom. The molecule has 0 radical (unpaired) electrons. The first-order chi connectivity index (χ1) is 13.7. The van der Waals surface area contributed by atoms with Crippen LogP contribution in [0.4, 0.5) is 0 Å². The van der Waals surface area contributed by atoms with E-state index in [4.69, 9.17) is 9.15 Å². The second kappa shape index (κ2) is 7.18. The highest BCUT2D eigenvalue weighted by molar-refractivity contribution is 6.07. The number of rotatable bonds is 3. The van der Waals surface area contributed by atoms with E-state index in [1.165, 1.54) is 12.5 Å². The van der Waals surface area contributed by atoms with E-state index in [0.717, 1.165) is 32.5 Å². The molecule has 8 heteroatoms. The molecule has 4 aliphatic heterocycles. The van der Waals surface area contributed by atoms with E-state index in [0.29, 0.717) is 54.4 Å². The molecule has 4 fully saturated rings. The van der Waals surface area contributed by atoms with Gasteiger partial charge in [0.2, 0.25) is 0 Å². The number of furan rings is 1. The molecule has 6 heterocycles. The molecule has 0 saturated carbocycles. The number of nitrogens with zero attached hydrogens (tertiary/aromatic N) is 3. The van der Waals surface area contributed by atoms with Crippen molar-refractivity contribution in [2.75, 3.05) is 45.9 Å². The van der Waals surface area contributed by atoms with Crippen LogP contribution in [0.3, 0.4) is 0 Å². The fourth-order valence-corrected chi connectivity index (χ4v) is 4.53. The number of ether oxygens (including phenoxy) is 1. The number of carbonyl (C=O) groups excluding carboxylic acids is 2. The summed E-state index contributed by atoms with van der Waals surface area (Å²) in [5.41, 5.74) is 1.30. The number of amides is 2. The smallest absolute Gasteiger partial charge is 0.270 e. The molecule has 4 saturated heterocycles. The third kappa shape index (κ3) is 3.16. The maximum absolute atomic E-state index is 12.8. The second-order valence-electron chi connectivity index (χ2n) is 7.84. The number of hydrogen-bond acceptors (Lipinski definition) is 6. The lowest BCUT2D eigenvalue weighted by Gasteiger charge is -2.44. The summed E-state index contributed by atoms with van der Waals surface area (Å²) >= 11 is 0. The van der Waals surface area contributed by atoms with Gasteiger partial charge in [0.25, 0.3) is 11.8 Å². The molecule has 1 unspecified atom stereocenters. The summed E-state index contributed by atoms with van der Waals surface area (Å²) in [6.45, 7) is 5.36. The quantitative estimate of drug-likeness (QED) is 0.853. The lowest BCUT2D eigenvalue weighted by molar-refractivity contribution is 0.0303. The van der Waals surface area contributed by atoms with Gasteiger partial charge in [-0.1, -0.05) is 0 Å². The van der Waals surface area contributed by atoms with Gasteiger partial charge in [0.15, 0.2) is 5.58 Å². The molecule has 0 aliphatic carbocycles. The molecule has 1 N–H and O–H groups in total. The number of nitrogens with one attached hydrogen (secondary N) is 1. The molecule has 2 amide bonds. The highest BCUT2D eigenvalue weighted by atomic mass is 16.5. The van der Waals surface area contributed by atoms with Gasteiger partial charge in [-0.25, -0.2) is 4.98 Å². The van der Waals surface area contributed by atoms with Crippen LogP contribution in [0.1, 0.15) is 33.7 Å². The van der Waals surface area contributed by atoms with E-state index in [9.17, 15) is 9.59 Å². The van der Waals surface area contributed by atoms with Gasteiger partial charge in [0.05, 0.1) is 25.0 Å². The molecule has 8 nitrogen and oxygen atoms in total. The van der Waals surface area contributed by atoms with E-state index >= 15 is 0 Å². The number of fused-ring (bicyclic) bond motifs is 4. The van der Waals surface area contributed by atoms with Gasteiger partial charge in [-0.3, -0.25) is 9.59 Å². The van der Waals surface area contributed by atoms with Crippen molar-refractivity contribution in [3.05, 3.63) is 29.8 Å². The first-order valence-electron chi connectivity index (χ1n) is 9.96. The summed E-state index contributed by atoms with van der Waals surface area (Å²) in [5.74, 6) is 0.258. The summed E-state index contributed by atoms with van der Waals surface area (Å²) in [4.78, 5) is 34.1. The van der Waals surface area contributed by atoms with Gasteiger partial charge < -0.3 is 24.3 Å². The van der Waals surface area contributed by atoms with Crippen molar-refractivity contribution in [2.24, 2.45) is 5.92 Å². The summed E-state index contributed by atoms with van der Waals surface area (Å²) < 4.78 is 10.8. The van der Waals surface area contributed by atoms with Gasteiger partial charge >= 0.3 is 0 Å². The summed E-state index contributed by atoms with van der Waals surface area (Å²) in [6, 6.07) is 1.84. The molecule has 28 heavy (non-hydrogen) atoms. The van der Waals surface area contributed by atoms with E-state index in [2.05, 4.69) is 15.2 Å². The third-order valence-electron chi connectivity index (χ3n) is 6.20. The van der Waals surface area contributed by atoms with Crippen molar-refractivity contribution in [1.82, 2.24) is 20.1 Å². The lowest BCUT2D eigenvalue weighted by atomic mass is 9.84. The zero-order valence-corrected chi connectivity index (χ0v) is 15.7. The Bertz CT molecular complexity index is 897. The van der Waals surface area contributed by atoms with Crippen LogP contribution in [0.25, 0.3) is 11.0 Å². The lowest BCUT2D eigenvalue weighted by Crippen LogP contribution is -2.57. The van der Waals surface area contributed by atoms with Crippen LogP contribution in [0.5, 0.6) is 0 Å². The number of morpholine rings is 1. The molecule has 2 aromatic heterocycles. The van der Waals surface area contributed by atoms with Crippen molar-refractivity contribution in [3.63, 3.8) is 0 Å². The number of carbonyl (C=O) groups is 2. The Labute approximate surface area is 162 Å². The van der Waals surface area contributed by atoms with Crippen LogP contribution in [-0.2, 0) is 4.74 Å². The maximum atomic E-state index is 12.8. The Hall–Kier alpha value is -2.45. The molecule has 1 atom stereocenters. The first-order valence-corrected chi connectivity index (χ1v) is 9.96. The monoisotopic (exact) mass is 384 g/mol. The van der Waals surface area contributed by atoms with E-state index in [1.54, 1.807) is 11.0 Å². The van der Waals surface area contributed by atoms with Gasteiger partial charge in [-0.15, -0.1) is 0 Å². The fourth-order valence-electron chi connectivity index (χ4n) is 4.53. The third-order valence-corrected chi connectivity index (χ3v) is 6.20. The molecule has 0 aromatic carbocycles. The van der Waals surface area contributed by atoms with Crippen molar-refractivity contribution in [3.8, 4) is 0 Å². The Morgan fingerprint density at radius 3 is 2.64 bits per heavy atom. The Balaban J connectivity index is 1.36. The molecule has 148 valence electrons. The highest BCUT2D eigenvalue weighted by Gasteiger charge is 2.35. The van der Waals surface area contributed by atoms with E-state index in [1.807, 2.05) is 0 Å². The van der Waals surface area contributed by atoms with Crippen molar-refractivity contribution >= 4 is 22.8 Å². The van der Waals surface area contributed by atoms with E-state index in [-0.39, 0.29) is 17.9 Å². The van der Waals surface area contributed by atoms with Crippen LogP contribution < -0.4 is 5.32 Å². The molecular weight excluding hydrogens is 360 g/mol. The minimum atomic E-state index is -0.188. The zero-order chi connectivity index (χ0) is 19.1. The standard InChI is InChI=1S/C20H24N4O4/c25-19(22-17-11-23-3-1-13(17)2-4-23)16-9-14-15(12-28-18(14)10-21-16)20(26)24-5-7-27-8-6-24/h9-10,12-13,17H,1-8,11H2,(H,22,25). The van der Waals surface area contributed by atoms with Crippen molar-refractivity contribution < 1.29 is 18.7 Å². The summed E-state index contributed by atoms with van der Waals surface area (Å²) in [7, 11) is 0.